The molecule has 0 aliphatic rings. The second-order valence-corrected chi connectivity index (χ2v) is 7.04. The maximum atomic E-state index is 12.2. The van der Waals surface area contributed by atoms with E-state index in [2.05, 4.69) is 10.3 Å². The molecule has 2 aromatic rings. The number of fused-ring (bicyclic) bond motifs is 1. The number of thiazole rings is 1. The van der Waals surface area contributed by atoms with E-state index in [4.69, 9.17) is 4.74 Å². The molecule has 0 aliphatic carbocycles. The molecule has 142 valence electrons. The van der Waals surface area contributed by atoms with E-state index < -0.39 is 0 Å². The topological polar surface area (TPSA) is 71.5 Å². The predicted molar refractivity (Wildman–Crippen MR) is 106 cm³/mol. The summed E-state index contributed by atoms with van der Waals surface area (Å²) in [5, 5.41) is 3.34. The minimum absolute atomic E-state index is 0.0366. The highest BCUT2D eigenvalue weighted by Gasteiger charge is 2.15. The minimum atomic E-state index is -0.185. The molecular formula is C19H27N3O3S. The van der Waals surface area contributed by atoms with Gasteiger partial charge in [0.2, 0.25) is 11.8 Å². The second kappa shape index (κ2) is 10.1. The summed E-state index contributed by atoms with van der Waals surface area (Å²) in [7, 11) is 0. The first-order valence-corrected chi connectivity index (χ1v) is 10.00. The van der Waals surface area contributed by atoms with E-state index in [9.17, 15) is 9.59 Å². The molecule has 0 fully saturated rings. The Labute approximate surface area is 158 Å². The highest BCUT2D eigenvalue weighted by molar-refractivity contribution is 7.22. The number of hydrogen-bond acceptors (Lipinski definition) is 5. The van der Waals surface area contributed by atoms with Crippen molar-refractivity contribution < 1.29 is 14.3 Å². The van der Waals surface area contributed by atoms with Crippen LogP contribution in [0.2, 0.25) is 0 Å². The Hall–Kier alpha value is -2.15. The van der Waals surface area contributed by atoms with E-state index in [0.717, 1.165) is 41.9 Å². The largest absolute Gasteiger partial charge is 0.494 e. The van der Waals surface area contributed by atoms with E-state index in [1.807, 2.05) is 43.9 Å². The first-order valence-electron chi connectivity index (χ1n) is 9.18. The van der Waals surface area contributed by atoms with Crippen LogP contribution in [0.1, 0.15) is 46.5 Å². The van der Waals surface area contributed by atoms with Crippen LogP contribution in [0.15, 0.2) is 18.2 Å². The van der Waals surface area contributed by atoms with Crippen molar-refractivity contribution in [1.29, 1.82) is 0 Å². The van der Waals surface area contributed by atoms with E-state index in [1.165, 1.54) is 11.3 Å². The first-order chi connectivity index (χ1) is 12.6. The van der Waals surface area contributed by atoms with Gasteiger partial charge < -0.3 is 15.0 Å². The van der Waals surface area contributed by atoms with Gasteiger partial charge >= 0.3 is 0 Å². The molecular weight excluding hydrogens is 350 g/mol. The number of carbonyl (C=O) groups excluding carboxylic acids is 2. The SMILES string of the molecule is CCCN(CCC)C(=O)CCC(=O)Nc1nc2ccc(OCC)cc2s1. The maximum Gasteiger partial charge on any atom is 0.226 e. The number of carbonyl (C=O) groups is 2. The van der Waals surface area contributed by atoms with E-state index in [-0.39, 0.29) is 24.7 Å². The van der Waals surface area contributed by atoms with Crippen molar-refractivity contribution in [2.24, 2.45) is 0 Å². The molecule has 0 radical (unpaired) electrons. The molecule has 0 unspecified atom stereocenters. The standard InChI is InChI=1S/C19H27N3O3S/c1-4-11-22(12-5-2)18(24)10-9-17(23)21-19-20-15-8-7-14(25-6-3)13-16(15)26-19/h7-8,13H,4-6,9-12H2,1-3H3,(H,20,21,23). The number of nitrogens with one attached hydrogen (secondary N) is 1. The number of anilines is 1. The highest BCUT2D eigenvalue weighted by atomic mass is 32.1. The van der Waals surface area contributed by atoms with Crippen molar-refractivity contribution in [3.63, 3.8) is 0 Å². The van der Waals surface area contributed by atoms with Gasteiger partial charge in [-0.2, -0.15) is 0 Å². The molecule has 0 bridgehead atoms. The lowest BCUT2D eigenvalue weighted by atomic mass is 10.2. The Bertz CT molecular complexity index is 739. The van der Waals surface area contributed by atoms with Crippen molar-refractivity contribution in [1.82, 2.24) is 9.88 Å². The number of ether oxygens (including phenoxy) is 1. The van der Waals surface area contributed by atoms with Crippen LogP contribution in [0.25, 0.3) is 10.2 Å². The lowest BCUT2D eigenvalue weighted by Crippen LogP contribution is -2.33. The third kappa shape index (κ3) is 5.69. The van der Waals surface area contributed by atoms with E-state index >= 15 is 0 Å². The lowest BCUT2D eigenvalue weighted by Gasteiger charge is -2.21. The fraction of sp³-hybridized carbons (Fsp3) is 0.526. The zero-order valence-corrected chi connectivity index (χ0v) is 16.5. The van der Waals surface area contributed by atoms with Crippen LogP contribution in [0, 0.1) is 0 Å². The molecule has 6 nitrogen and oxygen atoms in total. The third-order valence-corrected chi connectivity index (χ3v) is 4.76. The highest BCUT2D eigenvalue weighted by Crippen LogP contribution is 2.29. The summed E-state index contributed by atoms with van der Waals surface area (Å²) in [4.78, 5) is 30.6. The predicted octanol–water partition coefficient (Wildman–Crippen LogP) is 4.06. The van der Waals surface area contributed by atoms with Crippen LogP contribution in [-0.4, -0.2) is 41.4 Å². The first kappa shape index (κ1) is 20.2. The van der Waals surface area contributed by atoms with Crippen molar-refractivity contribution in [3.8, 4) is 5.75 Å². The smallest absolute Gasteiger partial charge is 0.226 e. The average molecular weight is 378 g/mol. The number of hydrogen-bond donors (Lipinski definition) is 1. The fourth-order valence-electron chi connectivity index (χ4n) is 2.68. The summed E-state index contributed by atoms with van der Waals surface area (Å²) in [6, 6.07) is 5.66. The van der Waals surface area contributed by atoms with Crippen LogP contribution in [0.5, 0.6) is 5.75 Å². The van der Waals surface area contributed by atoms with Gasteiger partial charge in [0.05, 0.1) is 16.8 Å². The van der Waals surface area contributed by atoms with Gasteiger partial charge in [-0.1, -0.05) is 25.2 Å². The van der Waals surface area contributed by atoms with Gasteiger partial charge in [0.25, 0.3) is 0 Å². The molecule has 2 rings (SSSR count). The summed E-state index contributed by atoms with van der Waals surface area (Å²) in [5.74, 6) is 0.643. The Kier molecular flexibility index (Phi) is 7.84. The van der Waals surface area contributed by atoms with Crippen LogP contribution in [-0.2, 0) is 9.59 Å². The van der Waals surface area contributed by atoms with Gasteiger partial charge in [0, 0.05) is 25.9 Å². The van der Waals surface area contributed by atoms with Crippen LogP contribution in [0.4, 0.5) is 5.13 Å². The summed E-state index contributed by atoms with van der Waals surface area (Å²) in [6.45, 7) is 8.13. The number of benzene rings is 1. The van der Waals surface area contributed by atoms with Crippen molar-refractivity contribution in [2.75, 3.05) is 25.0 Å². The van der Waals surface area contributed by atoms with Gasteiger partial charge in [-0.3, -0.25) is 9.59 Å². The molecule has 1 aromatic heterocycles. The summed E-state index contributed by atoms with van der Waals surface area (Å²) >= 11 is 1.40. The summed E-state index contributed by atoms with van der Waals surface area (Å²) in [5.41, 5.74) is 0.821. The molecule has 0 atom stereocenters. The molecule has 0 saturated carbocycles. The summed E-state index contributed by atoms with van der Waals surface area (Å²) < 4.78 is 6.44. The van der Waals surface area contributed by atoms with Gasteiger partial charge in [0.15, 0.2) is 5.13 Å². The van der Waals surface area contributed by atoms with Gasteiger partial charge in [-0.25, -0.2) is 4.98 Å². The second-order valence-electron chi connectivity index (χ2n) is 6.01. The zero-order chi connectivity index (χ0) is 18.9. The van der Waals surface area contributed by atoms with Crippen LogP contribution < -0.4 is 10.1 Å². The van der Waals surface area contributed by atoms with Crippen LogP contribution in [0.3, 0.4) is 0 Å². The lowest BCUT2D eigenvalue weighted by molar-refractivity contribution is -0.132. The summed E-state index contributed by atoms with van der Waals surface area (Å²) in [6.07, 6.45) is 2.24. The molecule has 1 N–H and O–H groups in total. The van der Waals surface area contributed by atoms with Gasteiger partial charge in [-0.05, 0) is 38.0 Å². The molecule has 2 amide bonds. The molecule has 7 heteroatoms. The maximum absolute atomic E-state index is 12.2. The number of rotatable bonds is 10. The zero-order valence-electron chi connectivity index (χ0n) is 15.7. The molecule has 26 heavy (non-hydrogen) atoms. The van der Waals surface area contributed by atoms with Crippen LogP contribution >= 0.6 is 11.3 Å². The normalized spacial score (nSPS) is 10.7. The molecule has 0 saturated heterocycles. The number of aromatic nitrogens is 1. The van der Waals surface area contributed by atoms with Crippen molar-refractivity contribution >= 4 is 38.5 Å². The van der Waals surface area contributed by atoms with E-state index in [0.29, 0.717) is 11.7 Å². The third-order valence-electron chi connectivity index (χ3n) is 3.82. The quantitative estimate of drug-likeness (QED) is 0.678. The fourth-order valence-corrected chi connectivity index (χ4v) is 3.59. The van der Waals surface area contributed by atoms with Gasteiger partial charge in [0.1, 0.15) is 5.75 Å². The number of nitrogens with zero attached hydrogens (tertiary/aromatic N) is 2. The van der Waals surface area contributed by atoms with Gasteiger partial charge in [-0.15, -0.1) is 0 Å². The molecule has 0 spiro atoms. The van der Waals surface area contributed by atoms with Crippen molar-refractivity contribution in [2.45, 2.75) is 46.5 Å². The Morgan fingerprint density at radius 1 is 1.15 bits per heavy atom. The molecule has 0 aliphatic heterocycles. The average Bonchev–Trinajstić information content (AvgIpc) is 3.01. The molecule has 1 heterocycles. The van der Waals surface area contributed by atoms with E-state index in [1.54, 1.807) is 0 Å². The molecule has 1 aromatic carbocycles. The Morgan fingerprint density at radius 3 is 2.54 bits per heavy atom. The Morgan fingerprint density at radius 2 is 1.88 bits per heavy atom. The van der Waals surface area contributed by atoms with Crippen molar-refractivity contribution in [3.05, 3.63) is 18.2 Å². The monoisotopic (exact) mass is 377 g/mol. The number of amides is 2. The Balaban J connectivity index is 1.90. The minimum Gasteiger partial charge on any atom is -0.494 e.